The third kappa shape index (κ3) is 3.20. The van der Waals surface area contributed by atoms with Crippen LogP contribution in [0.25, 0.3) is 0 Å². The van der Waals surface area contributed by atoms with Gasteiger partial charge in [0, 0.05) is 6.54 Å². The van der Waals surface area contributed by atoms with Crippen molar-refractivity contribution in [3.63, 3.8) is 0 Å². The molecule has 0 bridgehead atoms. The fourth-order valence-corrected chi connectivity index (χ4v) is 2.34. The summed E-state index contributed by atoms with van der Waals surface area (Å²) in [6.07, 6.45) is 1.86. The summed E-state index contributed by atoms with van der Waals surface area (Å²) in [4.78, 5) is 0. The van der Waals surface area contributed by atoms with E-state index in [9.17, 15) is 5.11 Å². The Balaban J connectivity index is 1.77. The molecule has 0 saturated heterocycles. The van der Waals surface area contributed by atoms with Gasteiger partial charge >= 0.3 is 0 Å². The van der Waals surface area contributed by atoms with Crippen LogP contribution in [-0.2, 0) is 6.54 Å². The molecule has 1 saturated carbocycles. The summed E-state index contributed by atoms with van der Waals surface area (Å²) in [6.45, 7) is 3.95. The van der Waals surface area contributed by atoms with Gasteiger partial charge in [0.15, 0.2) is 0 Å². The molecular formula is C14H21NO2. The van der Waals surface area contributed by atoms with E-state index in [1.807, 2.05) is 6.07 Å². The zero-order chi connectivity index (χ0) is 12.3. The third-order valence-corrected chi connectivity index (χ3v) is 3.43. The maximum atomic E-state index is 9.19. The smallest absolute Gasteiger partial charge is 0.121 e. The van der Waals surface area contributed by atoms with Gasteiger partial charge in [-0.25, -0.2) is 0 Å². The molecule has 3 heteroatoms. The zero-order valence-electron chi connectivity index (χ0n) is 10.6. The molecule has 3 nitrogen and oxygen atoms in total. The van der Waals surface area contributed by atoms with E-state index in [-0.39, 0.29) is 6.10 Å². The van der Waals surface area contributed by atoms with Crippen molar-refractivity contribution < 1.29 is 9.84 Å². The SMILES string of the molecule is COc1ccc(CNCC2CC(O)C2)cc1C. The summed E-state index contributed by atoms with van der Waals surface area (Å²) in [7, 11) is 1.70. The monoisotopic (exact) mass is 235 g/mol. The Labute approximate surface area is 103 Å². The Morgan fingerprint density at radius 3 is 2.76 bits per heavy atom. The minimum Gasteiger partial charge on any atom is -0.496 e. The van der Waals surface area contributed by atoms with Gasteiger partial charge in [0.1, 0.15) is 5.75 Å². The lowest BCUT2D eigenvalue weighted by atomic mass is 9.82. The van der Waals surface area contributed by atoms with Gasteiger partial charge in [0.2, 0.25) is 0 Å². The van der Waals surface area contributed by atoms with Crippen molar-refractivity contribution in [2.45, 2.75) is 32.4 Å². The summed E-state index contributed by atoms with van der Waals surface area (Å²) in [5.74, 6) is 1.60. The predicted octanol–water partition coefficient (Wildman–Crippen LogP) is 1.86. The summed E-state index contributed by atoms with van der Waals surface area (Å²) < 4.78 is 5.23. The molecule has 0 heterocycles. The number of aliphatic hydroxyl groups is 1. The Morgan fingerprint density at radius 1 is 1.41 bits per heavy atom. The van der Waals surface area contributed by atoms with Crippen LogP contribution < -0.4 is 10.1 Å². The maximum Gasteiger partial charge on any atom is 0.121 e. The number of aryl methyl sites for hydroxylation is 1. The lowest BCUT2D eigenvalue weighted by Gasteiger charge is -2.31. The molecule has 0 aliphatic heterocycles. The number of aliphatic hydroxyl groups excluding tert-OH is 1. The average Bonchev–Trinajstić information content (AvgIpc) is 2.27. The van der Waals surface area contributed by atoms with Crippen molar-refractivity contribution in [2.24, 2.45) is 5.92 Å². The molecular weight excluding hydrogens is 214 g/mol. The highest BCUT2D eigenvalue weighted by molar-refractivity contribution is 5.36. The molecule has 94 valence electrons. The first kappa shape index (κ1) is 12.4. The van der Waals surface area contributed by atoms with E-state index in [0.29, 0.717) is 5.92 Å². The van der Waals surface area contributed by atoms with E-state index in [4.69, 9.17) is 4.74 Å². The minimum absolute atomic E-state index is 0.0509. The Morgan fingerprint density at radius 2 is 2.18 bits per heavy atom. The third-order valence-electron chi connectivity index (χ3n) is 3.43. The molecule has 1 aliphatic rings. The summed E-state index contributed by atoms with van der Waals surface area (Å²) >= 11 is 0. The molecule has 0 aromatic heterocycles. The number of hydrogen-bond donors (Lipinski definition) is 2. The average molecular weight is 235 g/mol. The van der Waals surface area contributed by atoms with Crippen LogP contribution in [0.15, 0.2) is 18.2 Å². The van der Waals surface area contributed by atoms with Crippen LogP contribution in [0.4, 0.5) is 0 Å². The molecule has 2 rings (SSSR count). The van der Waals surface area contributed by atoms with E-state index >= 15 is 0 Å². The van der Waals surface area contributed by atoms with E-state index < -0.39 is 0 Å². The number of nitrogens with one attached hydrogen (secondary N) is 1. The van der Waals surface area contributed by atoms with Crippen LogP contribution in [-0.4, -0.2) is 24.9 Å². The first-order valence-corrected chi connectivity index (χ1v) is 6.21. The number of methoxy groups -OCH3 is 1. The molecule has 1 aromatic carbocycles. The van der Waals surface area contributed by atoms with Crippen molar-refractivity contribution in [1.29, 1.82) is 0 Å². The largest absolute Gasteiger partial charge is 0.496 e. The number of benzene rings is 1. The van der Waals surface area contributed by atoms with Gasteiger partial charge in [-0.3, -0.25) is 0 Å². The Hall–Kier alpha value is -1.06. The normalized spacial score (nSPS) is 23.2. The highest BCUT2D eigenvalue weighted by atomic mass is 16.5. The summed E-state index contributed by atoms with van der Waals surface area (Å²) in [5, 5.41) is 12.6. The maximum absolute atomic E-state index is 9.19. The highest BCUT2D eigenvalue weighted by Crippen LogP contribution is 2.26. The second-order valence-electron chi connectivity index (χ2n) is 4.93. The number of ether oxygens (including phenoxy) is 1. The van der Waals surface area contributed by atoms with Crippen LogP contribution in [0, 0.1) is 12.8 Å². The number of hydrogen-bond acceptors (Lipinski definition) is 3. The van der Waals surface area contributed by atoms with Crippen molar-refractivity contribution >= 4 is 0 Å². The van der Waals surface area contributed by atoms with Gasteiger partial charge in [-0.2, -0.15) is 0 Å². The van der Waals surface area contributed by atoms with Gasteiger partial charge in [-0.15, -0.1) is 0 Å². The van der Waals surface area contributed by atoms with Crippen molar-refractivity contribution in [1.82, 2.24) is 5.32 Å². The summed E-state index contributed by atoms with van der Waals surface area (Å²) in [5.41, 5.74) is 2.45. The Kier molecular flexibility index (Phi) is 4.02. The van der Waals surface area contributed by atoms with E-state index in [2.05, 4.69) is 24.4 Å². The second-order valence-corrected chi connectivity index (χ2v) is 4.93. The van der Waals surface area contributed by atoms with E-state index in [1.54, 1.807) is 7.11 Å². The van der Waals surface area contributed by atoms with Gasteiger partial charge in [-0.05, 0) is 49.4 Å². The molecule has 1 fully saturated rings. The van der Waals surface area contributed by atoms with Gasteiger partial charge in [-0.1, -0.05) is 12.1 Å². The lowest BCUT2D eigenvalue weighted by molar-refractivity contribution is 0.0430. The van der Waals surface area contributed by atoms with Crippen LogP contribution in [0.5, 0.6) is 5.75 Å². The topological polar surface area (TPSA) is 41.5 Å². The Bertz CT molecular complexity index is 372. The molecule has 1 aromatic rings. The molecule has 2 N–H and O–H groups in total. The molecule has 0 atom stereocenters. The first-order chi connectivity index (χ1) is 8.19. The van der Waals surface area contributed by atoms with Gasteiger partial charge in [0.25, 0.3) is 0 Å². The lowest BCUT2D eigenvalue weighted by Crippen LogP contribution is -2.35. The summed E-state index contributed by atoms with van der Waals surface area (Å²) in [6, 6.07) is 6.26. The molecule has 0 spiro atoms. The van der Waals surface area contributed by atoms with E-state index in [1.165, 1.54) is 11.1 Å². The van der Waals surface area contributed by atoms with Crippen LogP contribution in [0.3, 0.4) is 0 Å². The quantitative estimate of drug-likeness (QED) is 0.818. The minimum atomic E-state index is -0.0509. The van der Waals surface area contributed by atoms with Crippen LogP contribution >= 0.6 is 0 Å². The standard InChI is InChI=1S/C14H21NO2/c1-10-5-11(3-4-14(10)17-2)8-15-9-12-6-13(16)7-12/h3-5,12-13,15-16H,6-9H2,1-2H3. The second kappa shape index (κ2) is 5.52. The first-order valence-electron chi connectivity index (χ1n) is 6.21. The number of rotatable bonds is 5. The van der Waals surface area contributed by atoms with Crippen LogP contribution in [0.1, 0.15) is 24.0 Å². The fraction of sp³-hybridized carbons (Fsp3) is 0.571. The fourth-order valence-electron chi connectivity index (χ4n) is 2.34. The highest BCUT2D eigenvalue weighted by Gasteiger charge is 2.26. The molecule has 0 amide bonds. The van der Waals surface area contributed by atoms with Gasteiger partial charge < -0.3 is 15.2 Å². The van der Waals surface area contributed by atoms with Crippen LogP contribution in [0.2, 0.25) is 0 Å². The molecule has 0 unspecified atom stereocenters. The van der Waals surface area contributed by atoms with Gasteiger partial charge in [0.05, 0.1) is 13.2 Å². The predicted molar refractivity (Wildman–Crippen MR) is 68.2 cm³/mol. The van der Waals surface area contributed by atoms with Crippen molar-refractivity contribution in [3.8, 4) is 5.75 Å². The van der Waals surface area contributed by atoms with E-state index in [0.717, 1.165) is 31.7 Å². The molecule has 17 heavy (non-hydrogen) atoms. The van der Waals surface area contributed by atoms with Crippen molar-refractivity contribution in [3.05, 3.63) is 29.3 Å². The molecule has 1 aliphatic carbocycles. The molecule has 0 radical (unpaired) electrons. The van der Waals surface area contributed by atoms with Crippen molar-refractivity contribution in [2.75, 3.05) is 13.7 Å². The zero-order valence-corrected chi connectivity index (χ0v) is 10.6.